The monoisotopic (exact) mass is 439 g/mol. The normalized spacial score (nSPS) is 18.7. The molecule has 0 saturated carbocycles. The van der Waals surface area contributed by atoms with Gasteiger partial charge in [-0.3, -0.25) is 5.41 Å². The van der Waals surface area contributed by atoms with Gasteiger partial charge in [-0.25, -0.2) is 23.9 Å². The largest absolute Gasteiger partial charge is 0.373 e. The maximum Gasteiger partial charge on any atom is 0.286 e. The van der Waals surface area contributed by atoms with Crippen molar-refractivity contribution in [2.75, 3.05) is 37.4 Å². The lowest BCUT2D eigenvalue weighted by molar-refractivity contribution is 0.0442. The van der Waals surface area contributed by atoms with E-state index in [1.165, 1.54) is 12.4 Å². The number of morpholine rings is 1. The average Bonchev–Trinajstić information content (AvgIpc) is 3.19. The van der Waals surface area contributed by atoms with Crippen molar-refractivity contribution >= 4 is 28.6 Å². The number of alkyl halides is 2. The average molecular weight is 439 g/mol. The first-order valence-electron chi connectivity index (χ1n) is 9.18. The van der Waals surface area contributed by atoms with Crippen molar-refractivity contribution in [3.63, 3.8) is 0 Å². The number of aromatic amines is 1. The standard InChI is InChI=1S/C18H23F2N7O2S/c1-18(19,20)15(21)3-4-16-22-9-14(26-16)13-7-17(24-11-23-13)27-5-6-29-12(10-27)8-25-30(2)28/h3-4,7,9,11-12,21,25H,5-6,8,10H2,1-2H3,(H,22,26)/b4-3-,21-15?/t12-,30?/m1/s1. The van der Waals surface area contributed by atoms with Crippen LogP contribution in [0.5, 0.6) is 0 Å². The first kappa shape index (κ1) is 22.1. The maximum absolute atomic E-state index is 13.1. The Labute approximate surface area is 175 Å². The fourth-order valence-corrected chi connectivity index (χ4v) is 3.21. The van der Waals surface area contributed by atoms with Gasteiger partial charge in [-0.1, -0.05) is 0 Å². The molecule has 30 heavy (non-hydrogen) atoms. The Morgan fingerprint density at radius 1 is 1.50 bits per heavy atom. The number of imidazole rings is 1. The van der Waals surface area contributed by atoms with E-state index >= 15 is 0 Å². The molecule has 2 atom stereocenters. The molecule has 3 heterocycles. The summed E-state index contributed by atoms with van der Waals surface area (Å²) >= 11 is 0. The lowest BCUT2D eigenvalue weighted by Crippen LogP contribution is -2.47. The third kappa shape index (κ3) is 5.97. The van der Waals surface area contributed by atoms with Crippen LogP contribution < -0.4 is 9.62 Å². The zero-order valence-electron chi connectivity index (χ0n) is 16.6. The minimum atomic E-state index is -3.20. The van der Waals surface area contributed by atoms with Crippen molar-refractivity contribution in [1.29, 1.82) is 5.41 Å². The van der Waals surface area contributed by atoms with E-state index in [9.17, 15) is 13.0 Å². The summed E-state index contributed by atoms with van der Waals surface area (Å²) in [7, 11) is -1.10. The number of allylic oxidation sites excluding steroid dienone is 1. The summed E-state index contributed by atoms with van der Waals surface area (Å²) in [5.41, 5.74) is 0.396. The minimum absolute atomic E-state index is 0.114. The molecule has 12 heteroatoms. The SMILES string of the molecule is CS(=O)NC[C@@H]1CN(c2cc(-c3cnc(/C=C\C(=N)C(C)(F)F)[nH]3)ncn2)CCO1. The zero-order valence-corrected chi connectivity index (χ0v) is 17.4. The van der Waals surface area contributed by atoms with E-state index in [2.05, 4.69) is 29.6 Å². The predicted molar refractivity (Wildman–Crippen MR) is 111 cm³/mol. The topological polar surface area (TPSA) is 120 Å². The van der Waals surface area contributed by atoms with Gasteiger partial charge in [0.1, 0.15) is 23.7 Å². The number of aromatic nitrogens is 4. The van der Waals surface area contributed by atoms with Gasteiger partial charge in [-0.15, -0.1) is 0 Å². The Bertz CT molecular complexity index is 945. The van der Waals surface area contributed by atoms with Gasteiger partial charge in [0, 0.05) is 38.9 Å². The minimum Gasteiger partial charge on any atom is -0.373 e. The molecule has 0 bridgehead atoms. The number of halogens is 2. The summed E-state index contributed by atoms with van der Waals surface area (Å²) in [4.78, 5) is 17.8. The number of ether oxygens (including phenoxy) is 1. The Kier molecular flexibility index (Phi) is 7.00. The molecule has 2 aromatic heterocycles. The second-order valence-corrected chi connectivity index (χ2v) is 8.02. The molecular weight excluding hydrogens is 416 g/mol. The highest BCUT2D eigenvalue weighted by Gasteiger charge is 2.25. The molecule has 2 aromatic rings. The van der Waals surface area contributed by atoms with Gasteiger partial charge < -0.3 is 14.6 Å². The summed E-state index contributed by atoms with van der Waals surface area (Å²) in [6, 6.07) is 1.80. The molecular formula is C18H23F2N7O2S. The number of anilines is 1. The Morgan fingerprint density at radius 3 is 3.03 bits per heavy atom. The summed E-state index contributed by atoms with van der Waals surface area (Å²) in [6.07, 6.45) is 6.78. The second kappa shape index (κ2) is 9.49. The summed E-state index contributed by atoms with van der Waals surface area (Å²) < 4.78 is 45.9. The summed E-state index contributed by atoms with van der Waals surface area (Å²) in [5.74, 6) is -2.15. The maximum atomic E-state index is 13.1. The molecule has 3 rings (SSSR count). The third-order valence-electron chi connectivity index (χ3n) is 4.38. The van der Waals surface area contributed by atoms with E-state index in [1.54, 1.807) is 18.5 Å². The number of H-pyrrole nitrogens is 1. The number of rotatable bonds is 8. The van der Waals surface area contributed by atoms with E-state index in [0.717, 1.165) is 6.08 Å². The molecule has 1 fully saturated rings. The van der Waals surface area contributed by atoms with E-state index in [-0.39, 0.29) is 6.10 Å². The van der Waals surface area contributed by atoms with Crippen molar-refractivity contribution in [1.82, 2.24) is 24.7 Å². The van der Waals surface area contributed by atoms with Gasteiger partial charge in [0.05, 0.1) is 41.3 Å². The molecule has 1 aliphatic rings. The first-order chi connectivity index (χ1) is 14.2. The Hall–Kier alpha value is -2.57. The third-order valence-corrected chi connectivity index (χ3v) is 4.96. The quantitative estimate of drug-likeness (QED) is 0.538. The Morgan fingerprint density at radius 2 is 2.30 bits per heavy atom. The van der Waals surface area contributed by atoms with E-state index in [4.69, 9.17) is 10.1 Å². The summed E-state index contributed by atoms with van der Waals surface area (Å²) in [6.45, 7) is 2.91. The number of nitrogens with one attached hydrogen (secondary N) is 3. The van der Waals surface area contributed by atoms with Gasteiger partial charge in [0.25, 0.3) is 5.92 Å². The molecule has 1 aliphatic heterocycles. The van der Waals surface area contributed by atoms with Crippen LogP contribution in [0.3, 0.4) is 0 Å². The van der Waals surface area contributed by atoms with E-state index in [0.29, 0.717) is 56.2 Å². The van der Waals surface area contributed by atoms with Crippen molar-refractivity contribution in [2.45, 2.75) is 19.0 Å². The molecule has 0 aromatic carbocycles. The number of hydrogen-bond donors (Lipinski definition) is 3. The summed E-state index contributed by atoms with van der Waals surface area (Å²) in [5, 5.41) is 7.34. The predicted octanol–water partition coefficient (Wildman–Crippen LogP) is 1.64. The molecule has 0 aliphatic carbocycles. The first-order valence-corrected chi connectivity index (χ1v) is 10.7. The zero-order chi connectivity index (χ0) is 21.7. The van der Waals surface area contributed by atoms with Crippen molar-refractivity contribution in [3.05, 3.63) is 30.5 Å². The molecule has 162 valence electrons. The van der Waals surface area contributed by atoms with Crippen molar-refractivity contribution < 1.29 is 17.7 Å². The fraction of sp³-hybridized carbons (Fsp3) is 0.444. The van der Waals surface area contributed by atoms with Gasteiger partial charge in [-0.2, -0.15) is 8.78 Å². The van der Waals surface area contributed by atoms with Crippen LogP contribution in [0.15, 0.2) is 24.7 Å². The van der Waals surface area contributed by atoms with Crippen LogP contribution in [-0.4, -0.2) is 74.4 Å². The second-order valence-electron chi connectivity index (χ2n) is 6.82. The van der Waals surface area contributed by atoms with Crippen LogP contribution in [0.4, 0.5) is 14.6 Å². The van der Waals surface area contributed by atoms with Crippen LogP contribution >= 0.6 is 0 Å². The fourth-order valence-electron chi connectivity index (χ4n) is 2.79. The van der Waals surface area contributed by atoms with Gasteiger partial charge >= 0.3 is 0 Å². The highest BCUT2D eigenvalue weighted by atomic mass is 32.2. The molecule has 3 N–H and O–H groups in total. The smallest absolute Gasteiger partial charge is 0.286 e. The highest BCUT2D eigenvalue weighted by Crippen LogP contribution is 2.21. The lowest BCUT2D eigenvalue weighted by Gasteiger charge is -2.33. The van der Waals surface area contributed by atoms with Gasteiger partial charge in [-0.05, 0) is 12.2 Å². The van der Waals surface area contributed by atoms with E-state index < -0.39 is 22.6 Å². The van der Waals surface area contributed by atoms with Crippen LogP contribution in [-0.2, 0) is 15.7 Å². The Balaban J connectivity index is 1.70. The van der Waals surface area contributed by atoms with Crippen molar-refractivity contribution in [2.24, 2.45) is 0 Å². The van der Waals surface area contributed by atoms with Gasteiger partial charge in [0.15, 0.2) is 0 Å². The lowest BCUT2D eigenvalue weighted by atomic mass is 10.2. The molecule has 0 radical (unpaired) electrons. The van der Waals surface area contributed by atoms with Crippen LogP contribution in [0.1, 0.15) is 12.7 Å². The van der Waals surface area contributed by atoms with Crippen LogP contribution in [0.2, 0.25) is 0 Å². The number of nitrogens with zero attached hydrogens (tertiary/aromatic N) is 4. The molecule has 0 spiro atoms. The molecule has 1 saturated heterocycles. The van der Waals surface area contributed by atoms with Gasteiger partial charge in [0.2, 0.25) is 0 Å². The van der Waals surface area contributed by atoms with Crippen molar-refractivity contribution in [3.8, 4) is 11.4 Å². The number of hydrogen-bond acceptors (Lipinski definition) is 7. The van der Waals surface area contributed by atoms with E-state index in [1.807, 2.05) is 0 Å². The van der Waals surface area contributed by atoms with Crippen LogP contribution in [0, 0.1) is 5.41 Å². The molecule has 9 nitrogen and oxygen atoms in total. The highest BCUT2D eigenvalue weighted by molar-refractivity contribution is 7.82. The molecule has 1 unspecified atom stereocenters. The molecule has 0 amide bonds. The van der Waals surface area contributed by atoms with Crippen LogP contribution in [0.25, 0.3) is 17.5 Å².